The molecule has 1 unspecified atom stereocenters. The van der Waals surface area contributed by atoms with Gasteiger partial charge in [0.15, 0.2) is 0 Å². The van der Waals surface area contributed by atoms with E-state index in [1.165, 1.54) is 7.11 Å². The summed E-state index contributed by atoms with van der Waals surface area (Å²) in [5.41, 5.74) is 2.20. The van der Waals surface area contributed by atoms with Crippen LogP contribution in [0.1, 0.15) is 48.4 Å². The average Bonchev–Trinajstić information content (AvgIpc) is 3.35. The van der Waals surface area contributed by atoms with E-state index in [1.54, 1.807) is 41.6 Å². The molecule has 0 radical (unpaired) electrons. The molecular formula is C23H24N2O4. The quantitative estimate of drug-likeness (QED) is 0.487. The molecule has 6 nitrogen and oxygen atoms in total. The second-order valence-corrected chi connectivity index (χ2v) is 7.63. The summed E-state index contributed by atoms with van der Waals surface area (Å²) < 4.78 is 5.40. The minimum Gasteiger partial charge on any atom is -0.507 e. The van der Waals surface area contributed by atoms with Crippen LogP contribution in [-0.2, 0) is 9.59 Å². The third-order valence-corrected chi connectivity index (χ3v) is 5.83. The highest BCUT2D eigenvalue weighted by Crippen LogP contribution is 2.44. The Bertz CT molecular complexity index is 978. The number of aliphatic hydroxyl groups is 1. The first-order valence-corrected chi connectivity index (χ1v) is 9.88. The number of ketones is 1. The minimum atomic E-state index is -0.653. The van der Waals surface area contributed by atoms with Gasteiger partial charge in [-0.2, -0.15) is 0 Å². The molecule has 2 fully saturated rings. The minimum absolute atomic E-state index is 0.00526. The maximum absolute atomic E-state index is 13.1. The van der Waals surface area contributed by atoms with Crippen molar-refractivity contribution in [2.75, 3.05) is 7.11 Å². The van der Waals surface area contributed by atoms with Crippen molar-refractivity contribution >= 4 is 17.4 Å². The Morgan fingerprint density at radius 3 is 2.48 bits per heavy atom. The maximum Gasteiger partial charge on any atom is 0.295 e. The number of amides is 1. The molecule has 2 heterocycles. The number of Topliss-reactive ketones (excluding diaryl/α,β-unsaturated/α-hetero) is 1. The zero-order chi connectivity index (χ0) is 20.5. The number of methoxy groups -OCH3 is 1. The largest absolute Gasteiger partial charge is 0.507 e. The van der Waals surface area contributed by atoms with Crippen molar-refractivity contribution in [2.45, 2.75) is 44.7 Å². The number of likely N-dealkylation sites (tertiary alicyclic amines) is 1. The number of carbonyl (C=O) groups excluding carboxylic acids is 2. The SMILES string of the molecule is COc1ccc(C)cc1/C(O)=C1\C(=O)C(=O)N(C2CCCC2)C1c1ccncc1. The number of nitrogens with zero attached hydrogens (tertiary/aromatic N) is 2. The molecule has 1 atom stereocenters. The predicted molar refractivity (Wildman–Crippen MR) is 108 cm³/mol. The van der Waals surface area contributed by atoms with E-state index in [0.29, 0.717) is 11.3 Å². The van der Waals surface area contributed by atoms with E-state index in [-0.39, 0.29) is 17.4 Å². The van der Waals surface area contributed by atoms with Gasteiger partial charge in [0.2, 0.25) is 0 Å². The van der Waals surface area contributed by atoms with Gasteiger partial charge in [0.25, 0.3) is 11.7 Å². The number of pyridine rings is 1. The van der Waals surface area contributed by atoms with Crippen LogP contribution in [0, 0.1) is 6.92 Å². The number of aliphatic hydroxyl groups excluding tert-OH is 1. The molecule has 0 spiro atoms. The fourth-order valence-electron chi connectivity index (χ4n) is 4.43. The molecule has 150 valence electrons. The number of aryl methyl sites for hydroxylation is 1. The standard InChI is InChI=1S/C23H24N2O4/c1-14-7-8-18(29-2)17(13-14)21(26)19-20(15-9-11-24-12-10-15)25(23(28)22(19)27)16-5-3-4-6-16/h7-13,16,20,26H,3-6H2,1-2H3/b21-19+. The summed E-state index contributed by atoms with van der Waals surface area (Å²) in [4.78, 5) is 31.8. The lowest BCUT2D eigenvalue weighted by Crippen LogP contribution is -2.37. The van der Waals surface area contributed by atoms with E-state index >= 15 is 0 Å². The van der Waals surface area contributed by atoms with Gasteiger partial charge in [-0.05, 0) is 49.6 Å². The van der Waals surface area contributed by atoms with Crippen LogP contribution in [0.15, 0.2) is 48.3 Å². The molecule has 1 saturated heterocycles. The molecule has 1 aliphatic heterocycles. The molecule has 2 aliphatic rings. The summed E-state index contributed by atoms with van der Waals surface area (Å²) in [7, 11) is 1.51. The summed E-state index contributed by atoms with van der Waals surface area (Å²) in [5.74, 6) is -0.952. The molecule has 6 heteroatoms. The summed E-state index contributed by atoms with van der Waals surface area (Å²) in [6, 6.07) is 8.33. The van der Waals surface area contributed by atoms with Gasteiger partial charge < -0.3 is 14.7 Å². The molecular weight excluding hydrogens is 368 g/mol. The number of benzene rings is 1. The van der Waals surface area contributed by atoms with Crippen LogP contribution in [0.4, 0.5) is 0 Å². The van der Waals surface area contributed by atoms with Gasteiger partial charge in [0.05, 0.1) is 24.3 Å². The van der Waals surface area contributed by atoms with Gasteiger partial charge in [-0.3, -0.25) is 14.6 Å². The number of hydrogen-bond acceptors (Lipinski definition) is 5. The van der Waals surface area contributed by atoms with Crippen molar-refractivity contribution in [1.82, 2.24) is 9.88 Å². The first kappa shape index (κ1) is 19.2. The number of aromatic nitrogens is 1. The molecule has 1 amide bonds. The van der Waals surface area contributed by atoms with Gasteiger partial charge >= 0.3 is 0 Å². The van der Waals surface area contributed by atoms with Crippen LogP contribution in [0.5, 0.6) is 5.75 Å². The Labute approximate surface area is 169 Å². The summed E-state index contributed by atoms with van der Waals surface area (Å²) >= 11 is 0. The van der Waals surface area contributed by atoms with Crippen molar-refractivity contribution in [2.24, 2.45) is 0 Å². The highest BCUT2D eigenvalue weighted by atomic mass is 16.5. The lowest BCUT2D eigenvalue weighted by atomic mass is 9.94. The number of hydrogen-bond donors (Lipinski definition) is 1. The van der Waals surface area contributed by atoms with Gasteiger partial charge in [0.1, 0.15) is 11.5 Å². The monoisotopic (exact) mass is 392 g/mol. The van der Waals surface area contributed by atoms with Crippen LogP contribution >= 0.6 is 0 Å². The van der Waals surface area contributed by atoms with E-state index in [2.05, 4.69) is 4.98 Å². The molecule has 1 saturated carbocycles. The second-order valence-electron chi connectivity index (χ2n) is 7.63. The van der Waals surface area contributed by atoms with Crippen LogP contribution in [0.25, 0.3) is 5.76 Å². The molecule has 0 bridgehead atoms. The van der Waals surface area contributed by atoms with Gasteiger partial charge in [-0.25, -0.2) is 0 Å². The highest BCUT2D eigenvalue weighted by Gasteiger charge is 2.49. The Balaban J connectivity index is 1.92. The van der Waals surface area contributed by atoms with Crippen LogP contribution in [-0.4, -0.2) is 39.8 Å². The van der Waals surface area contributed by atoms with E-state index in [9.17, 15) is 14.7 Å². The van der Waals surface area contributed by atoms with Crippen molar-refractivity contribution in [3.05, 3.63) is 65.0 Å². The topological polar surface area (TPSA) is 79.7 Å². The number of carbonyl (C=O) groups is 2. The first-order chi connectivity index (χ1) is 14.0. The van der Waals surface area contributed by atoms with E-state index < -0.39 is 17.7 Å². The van der Waals surface area contributed by atoms with E-state index in [1.807, 2.05) is 13.0 Å². The zero-order valence-corrected chi connectivity index (χ0v) is 16.6. The summed E-state index contributed by atoms with van der Waals surface area (Å²) in [6.45, 7) is 1.90. The van der Waals surface area contributed by atoms with Crippen LogP contribution in [0.2, 0.25) is 0 Å². The molecule has 4 rings (SSSR count). The molecule has 2 aromatic rings. The first-order valence-electron chi connectivity index (χ1n) is 9.88. The fraction of sp³-hybridized carbons (Fsp3) is 0.348. The van der Waals surface area contributed by atoms with Crippen LogP contribution in [0.3, 0.4) is 0 Å². The normalized spacial score (nSPS) is 21.7. The molecule has 1 aromatic carbocycles. The highest BCUT2D eigenvalue weighted by molar-refractivity contribution is 6.46. The summed E-state index contributed by atoms with van der Waals surface area (Å²) in [5, 5.41) is 11.2. The Morgan fingerprint density at radius 2 is 1.83 bits per heavy atom. The Kier molecular flexibility index (Phi) is 5.09. The summed E-state index contributed by atoms with van der Waals surface area (Å²) in [6.07, 6.45) is 7.06. The van der Waals surface area contributed by atoms with Gasteiger partial charge in [-0.15, -0.1) is 0 Å². The Hall–Kier alpha value is -3.15. The van der Waals surface area contributed by atoms with Crippen molar-refractivity contribution in [3.8, 4) is 5.75 Å². The lowest BCUT2D eigenvalue weighted by Gasteiger charge is -2.30. The fourth-order valence-corrected chi connectivity index (χ4v) is 4.43. The second kappa shape index (κ2) is 7.70. The molecule has 1 N–H and O–H groups in total. The van der Waals surface area contributed by atoms with Crippen LogP contribution < -0.4 is 4.74 Å². The zero-order valence-electron chi connectivity index (χ0n) is 16.6. The predicted octanol–water partition coefficient (Wildman–Crippen LogP) is 3.76. The maximum atomic E-state index is 13.1. The van der Waals surface area contributed by atoms with Crippen molar-refractivity contribution in [1.29, 1.82) is 0 Å². The smallest absolute Gasteiger partial charge is 0.295 e. The van der Waals surface area contributed by atoms with Gasteiger partial charge in [0, 0.05) is 18.4 Å². The number of ether oxygens (including phenoxy) is 1. The molecule has 1 aliphatic carbocycles. The third-order valence-electron chi connectivity index (χ3n) is 5.83. The van der Waals surface area contributed by atoms with Crippen molar-refractivity contribution in [3.63, 3.8) is 0 Å². The molecule has 29 heavy (non-hydrogen) atoms. The third kappa shape index (κ3) is 3.28. The van der Waals surface area contributed by atoms with Crippen molar-refractivity contribution < 1.29 is 19.4 Å². The van der Waals surface area contributed by atoms with Gasteiger partial charge in [-0.1, -0.05) is 24.5 Å². The Morgan fingerprint density at radius 1 is 1.14 bits per heavy atom. The van der Waals surface area contributed by atoms with E-state index in [4.69, 9.17) is 4.74 Å². The average molecular weight is 392 g/mol. The number of rotatable bonds is 4. The lowest BCUT2D eigenvalue weighted by molar-refractivity contribution is -0.141. The molecule has 1 aromatic heterocycles. The van der Waals surface area contributed by atoms with E-state index in [0.717, 1.165) is 36.8 Å².